The van der Waals surface area contributed by atoms with Gasteiger partial charge in [0.1, 0.15) is 0 Å². The maximum absolute atomic E-state index is 2.43. The van der Waals surface area contributed by atoms with Gasteiger partial charge in [-0.3, -0.25) is 0 Å². The van der Waals surface area contributed by atoms with Crippen LogP contribution in [0, 0.1) is 6.92 Å². The highest BCUT2D eigenvalue weighted by atomic mass is 32.1. The monoisotopic (exact) mass is 292 g/mol. The highest BCUT2D eigenvalue weighted by molar-refractivity contribution is 7.13. The molecule has 0 atom stereocenters. The van der Waals surface area contributed by atoms with E-state index in [1.807, 2.05) is 22.7 Å². The van der Waals surface area contributed by atoms with Gasteiger partial charge in [-0.15, -0.1) is 22.7 Å². The quantitative estimate of drug-likeness (QED) is 0.596. The third-order valence-corrected chi connectivity index (χ3v) is 6.41. The Labute approximate surface area is 125 Å². The van der Waals surface area contributed by atoms with Crippen molar-refractivity contribution in [2.24, 2.45) is 0 Å². The van der Waals surface area contributed by atoms with Crippen molar-refractivity contribution in [3.05, 3.63) is 31.6 Å². The smallest absolute Gasteiger partial charge is 0.0152 e. The molecule has 0 radical (unpaired) electrons. The Hall–Kier alpha value is -0.600. The van der Waals surface area contributed by atoms with Crippen LogP contribution in [0.4, 0.5) is 0 Å². The summed E-state index contributed by atoms with van der Waals surface area (Å²) < 4.78 is 0. The molecule has 2 aromatic heterocycles. The number of rotatable bonds is 4. The minimum Gasteiger partial charge on any atom is -0.145 e. The molecule has 0 fully saturated rings. The zero-order chi connectivity index (χ0) is 14.2. The van der Waals surface area contributed by atoms with Crippen molar-refractivity contribution in [2.75, 3.05) is 0 Å². The van der Waals surface area contributed by atoms with Gasteiger partial charge in [-0.2, -0.15) is 0 Å². The molecule has 0 aromatic carbocycles. The van der Waals surface area contributed by atoms with Gasteiger partial charge in [0, 0.05) is 19.5 Å². The fraction of sp³-hybridized carbons (Fsp3) is 0.529. The molecule has 0 aliphatic heterocycles. The molecule has 0 bridgehead atoms. The van der Waals surface area contributed by atoms with Crippen LogP contribution >= 0.6 is 22.7 Å². The minimum absolute atomic E-state index is 0.608. The van der Waals surface area contributed by atoms with Gasteiger partial charge in [-0.05, 0) is 48.4 Å². The molecular weight excluding hydrogens is 268 g/mol. The molecule has 2 aromatic rings. The van der Waals surface area contributed by atoms with Crippen LogP contribution in [0.5, 0.6) is 0 Å². The van der Waals surface area contributed by atoms with Gasteiger partial charge in [0.05, 0.1) is 0 Å². The zero-order valence-corrected chi connectivity index (χ0v) is 14.5. The molecule has 0 spiro atoms. The lowest BCUT2D eigenvalue weighted by Gasteiger charge is -2.06. The lowest BCUT2D eigenvalue weighted by atomic mass is 10.00. The van der Waals surface area contributed by atoms with Crippen LogP contribution in [0.2, 0.25) is 0 Å². The van der Waals surface area contributed by atoms with Crippen LogP contribution in [0.25, 0.3) is 11.1 Å². The van der Waals surface area contributed by atoms with E-state index in [1.54, 1.807) is 4.88 Å². The summed E-state index contributed by atoms with van der Waals surface area (Å²) in [5.41, 5.74) is 2.95. The summed E-state index contributed by atoms with van der Waals surface area (Å²) in [6, 6.07) is 4.83. The first-order chi connectivity index (χ1) is 8.93. The molecule has 0 aliphatic carbocycles. The van der Waals surface area contributed by atoms with Crippen molar-refractivity contribution >= 4 is 22.7 Å². The Morgan fingerprint density at radius 1 is 0.947 bits per heavy atom. The number of aryl methyl sites for hydroxylation is 2. The Bertz CT molecular complexity index is 556. The summed E-state index contributed by atoms with van der Waals surface area (Å²) in [5.74, 6) is 1.23. The highest BCUT2D eigenvalue weighted by Gasteiger charge is 2.18. The molecule has 2 heterocycles. The van der Waals surface area contributed by atoms with E-state index in [0.717, 1.165) is 6.42 Å². The van der Waals surface area contributed by atoms with Crippen LogP contribution in [0.15, 0.2) is 12.1 Å². The van der Waals surface area contributed by atoms with Gasteiger partial charge in [0.15, 0.2) is 0 Å². The summed E-state index contributed by atoms with van der Waals surface area (Å²) in [6.45, 7) is 13.7. The molecule has 0 aliphatic rings. The van der Waals surface area contributed by atoms with Crippen molar-refractivity contribution in [2.45, 2.75) is 59.8 Å². The number of thiophene rings is 2. The number of hydrogen-bond donors (Lipinski definition) is 0. The maximum Gasteiger partial charge on any atom is 0.0152 e. The van der Waals surface area contributed by atoms with E-state index in [4.69, 9.17) is 0 Å². The van der Waals surface area contributed by atoms with Crippen LogP contribution in [0.1, 0.15) is 66.0 Å². The molecular formula is C17H24S2. The summed E-state index contributed by atoms with van der Waals surface area (Å²) in [7, 11) is 0. The number of hydrogen-bond acceptors (Lipinski definition) is 2. The van der Waals surface area contributed by atoms with Gasteiger partial charge >= 0.3 is 0 Å². The zero-order valence-electron chi connectivity index (χ0n) is 12.8. The van der Waals surface area contributed by atoms with E-state index in [1.165, 1.54) is 25.8 Å². The van der Waals surface area contributed by atoms with Crippen molar-refractivity contribution in [1.29, 1.82) is 0 Å². The third-order valence-electron chi connectivity index (χ3n) is 3.48. The second-order valence-electron chi connectivity index (χ2n) is 5.77. The average molecular weight is 293 g/mol. The topological polar surface area (TPSA) is 0 Å². The van der Waals surface area contributed by atoms with Crippen LogP contribution in [-0.2, 0) is 6.42 Å². The first kappa shape index (κ1) is 14.8. The predicted octanol–water partition coefficient (Wildman–Crippen LogP) is 6.59. The second kappa shape index (κ2) is 5.80. The van der Waals surface area contributed by atoms with Gasteiger partial charge in [-0.1, -0.05) is 34.6 Å². The van der Waals surface area contributed by atoms with Crippen LogP contribution < -0.4 is 0 Å². The highest BCUT2D eigenvalue weighted by Crippen LogP contribution is 2.42. The average Bonchev–Trinajstić information content (AvgIpc) is 2.91. The Kier molecular flexibility index (Phi) is 4.52. The molecule has 19 heavy (non-hydrogen) atoms. The van der Waals surface area contributed by atoms with Gasteiger partial charge in [0.2, 0.25) is 0 Å². The molecule has 104 valence electrons. The fourth-order valence-corrected chi connectivity index (χ4v) is 4.51. The lowest BCUT2D eigenvalue weighted by Crippen LogP contribution is -1.85. The van der Waals surface area contributed by atoms with E-state index in [2.05, 4.69) is 53.7 Å². The summed E-state index contributed by atoms with van der Waals surface area (Å²) in [6.07, 6.45) is 1.14. The molecule has 2 rings (SSSR count). The van der Waals surface area contributed by atoms with E-state index in [9.17, 15) is 0 Å². The normalized spacial score (nSPS) is 11.8. The fourth-order valence-electron chi connectivity index (χ4n) is 2.33. The predicted molar refractivity (Wildman–Crippen MR) is 89.9 cm³/mol. The first-order valence-electron chi connectivity index (χ1n) is 7.17. The molecule has 0 nitrogen and oxygen atoms in total. The largest absolute Gasteiger partial charge is 0.145 e. The van der Waals surface area contributed by atoms with Crippen LogP contribution in [0.3, 0.4) is 0 Å². The van der Waals surface area contributed by atoms with Gasteiger partial charge in [-0.25, -0.2) is 0 Å². The van der Waals surface area contributed by atoms with E-state index < -0.39 is 0 Å². The molecule has 0 N–H and O–H groups in total. The SMILES string of the molecule is CCc1cc(-c2cc(C(C)C)sc2C(C)C)c(C)s1. The van der Waals surface area contributed by atoms with E-state index in [-0.39, 0.29) is 0 Å². The van der Waals surface area contributed by atoms with Crippen molar-refractivity contribution < 1.29 is 0 Å². The van der Waals surface area contributed by atoms with Gasteiger partial charge < -0.3 is 0 Å². The van der Waals surface area contributed by atoms with Crippen molar-refractivity contribution in [1.82, 2.24) is 0 Å². The van der Waals surface area contributed by atoms with Crippen molar-refractivity contribution in [3.63, 3.8) is 0 Å². The maximum atomic E-state index is 2.43. The first-order valence-corrected chi connectivity index (χ1v) is 8.80. The lowest BCUT2D eigenvalue weighted by molar-refractivity contribution is 0.889. The van der Waals surface area contributed by atoms with E-state index in [0.29, 0.717) is 11.8 Å². The molecule has 0 unspecified atom stereocenters. The molecule has 0 saturated carbocycles. The van der Waals surface area contributed by atoms with E-state index >= 15 is 0 Å². The minimum atomic E-state index is 0.608. The molecule has 0 amide bonds. The summed E-state index contributed by atoms with van der Waals surface area (Å²) >= 11 is 3.95. The Morgan fingerprint density at radius 2 is 1.63 bits per heavy atom. The summed E-state index contributed by atoms with van der Waals surface area (Å²) in [4.78, 5) is 6.03. The molecule has 2 heteroatoms. The van der Waals surface area contributed by atoms with Gasteiger partial charge in [0.25, 0.3) is 0 Å². The Morgan fingerprint density at radius 3 is 2.11 bits per heavy atom. The second-order valence-corrected chi connectivity index (χ2v) is 8.23. The Balaban J connectivity index is 2.56. The van der Waals surface area contributed by atoms with Crippen LogP contribution in [-0.4, -0.2) is 0 Å². The standard InChI is InChI=1S/C17H24S2/c1-7-13-8-14(12(6)18-13)15-9-16(10(2)3)19-17(15)11(4)5/h8-11H,7H2,1-6H3. The third kappa shape index (κ3) is 2.95. The van der Waals surface area contributed by atoms with Crippen molar-refractivity contribution in [3.8, 4) is 11.1 Å². The molecule has 0 saturated heterocycles. The summed E-state index contributed by atoms with van der Waals surface area (Å²) in [5, 5.41) is 0.